The van der Waals surface area contributed by atoms with Crippen LogP contribution in [0.5, 0.6) is 5.75 Å². The van der Waals surface area contributed by atoms with Crippen molar-refractivity contribution in [3.05, 3.63) is 29.8 Å². The number of hydrogen-bond donors (Lipinski definition) is 1. The molecule has 116 valence electrons. The minimum atomic E-state index is -3.67. The van der Waals surface area contributed by atoms with Gasteiger partial charge in [0.1, 0.15) is 23.4 Å². The van der Waals surface area contributed by atoms with Crippen molar-refractivity contribution in [3.8, 4) is 5.75 Å². The molecule has 7 heteroatoms. The topological polar surface area (TPSA) is 81.7 Å². The molecule has 0 fully saturated rings. The lowest BCUT2D eigenvalue weighted by atomic mass is 10.0. The summed E-state index contributed by atoms with van der Waals surface area (Å²) in [6.45, 7) is 1.82. The number of carbonyl (C=O) groups is 1. The standard InChI is InChI=1S/C14H19NO5S/c1-3-19-13(16)9-21(17,18)12-8-20-11-7-5-4-6-10(11)14(12)15-2/h4-7,12,14-15H,3,8-9H2,1-2H3. The van der Waals surface area contributed by atoms with Gasteiger partial charge in [0.05, 0.1) is 12.6 Å². The molecule has 0 aromatic heterocycles. The third-order valence-corrected chi connectivity index (χ3v) is 5.39. The number of benzene rings is 1. The zero-order chi connectivity index (χ0) is 15.5. The Kier molecular flexibility index (Phi) is 4.84. The Bertz CT molecular complexity index is 614. The molecule has 1 aliphatic rings. The number of sulfone groups is 1. The zero-order valence-corrected chi connectivity index (χ0v) is 12.9. The van der Waals surface area contributed by atoms with Gasteiger partial charge in [0.15, 0.2) is 9.84 Å². The summed E-state index contributed by atoms with van der Waals surface area (Å²) in [6, 6.07) is 6.87. The molecular weight excluding hydrogens is 294 g/mol. The number of nitrogens with one attached hydrogen (secondary N) is 1. The van der Waals surface area contributed by atoms with Gasteiger partial charge in [0, 0.05) is 5.56 Å². The van der Waals surface area contributed by atoms with Crippen LogP contribution in [0.3, 0.4) is 0 Å². The van der Waals surface area contributed by atoms with Gasteiger partial charge < -0.3 is 14.8 Å². The summed E-state index contributed by atoms with van der Waals surface area (Å²) < 4.78 is 35.1. The highest BCUT2D eigenvalue weighted by atomic mass is 32.2. The number of esters is 1. The van der Waals surface area contributed by atoms with E-state index in [2.05, 4.69) is 5.32 Å². The molecule has 0 aliphatic carbocycles. The number of fused-ring (bicyclic) bond motifs is 1. The van der Waals surface area contributed by atoms with Crippen LogP contribution >= 0.6 is 0 Å². The van der Waals surface area contributed by atoms with E-state index in [9.17, 15) is 13.2 Å². The van der Waals surface area contributed by atoms with E-state index in [1.807, 2.05) is 18.2 Å². The average Bonchev–Trinajstić information content (AvgIpc) is 2.45. The van der Waals surface area contributed by atoms with Crippen molar-refractivity contribution in [1.82, 2.24) is 5.32 Å². The van der Waals surface area contributed by atoms with Gasteiger partial charge in [0.2, 0.25) is 0 Å². The van der Waals surface area contributed by atoms with Gasteiger partial charge in [-0.3, -0.25) is 4.79 Å². The van der Waals surface area contributed by atoms with Gasteiger partial charge in [-0.2, -0.15) is 0 Å². The van der Waals surface area contributed by atoms with E-state index in [0.717, 1.165) is 5.56 Å². The summed E-state index contributed by atoms with van der Waals surface area (Å²) >= 11 is 0. The largest absolute Gasteiger partial charge is 0.492 e. The molecule has 2 unspecified atom stereocenters. The second-order valence-corrected chi connectivity index (χ2v) is 6.99. The third kappa shape index (κ3) is 3.36. The summed E-state index contributed by atoms with van der Waals surface area (Å²) in [7, 11) is -1.98. The quantitative estimate of drug-likeness (QED) is 0.805. The van der Waals surface area contributed by atoms with Crippen LogP contribution in [-0.4, -0.2) is 45.7 Å². The lowest BCUT2D eigenvalue weighted by Crippen LogP contribution is -2.45. The summed E-state index contributed by atoms with van der Waals surface area (Å²) in [4.78, 5) is 11.5. The number of para-hydroxylation sites is 1. The molecule has 1 N–H and O–H groups in total. The molecule has 1 aromatic carbocycles. The van der Waals surface area contributed by atoms with Crippen molar-refractivity contribution in [2.45, 2.75) is 18.2 Å². The Morgan fingerprint density at radius 3 is 2.81 bits per heavy atom. The first-order valence-electron chi connectivity index (χ1n) is 6.75. The number of rotatable bonds is 5. The first-order valence-corrected chi connectivity index (χ1v) is 8.47. The van der Waals surface area contributed by atoms with Crippen LogP contribution in [-0.2, 0) is 19.4 Å². The normalized spacial score (nSPS) is 21.2. The molecule has 0 amide bonds. The van der Waals surface area contributed by atoms with Crippen LogP contribution in [0, 0.1) is 0 Å². The van der Waals surface area contributed by atoms with Crippen molar-refractivity contribution < 1.29 is 22.7 Å². The van der Waals surface area contributed by atoms with Gasteiger partial charge >= 0.3 is 5.97 Å². The fourth-order valence-electron chi connectivity index (χ4n) is 2.46. The van der Waals surface area contributed by atoms with E-state index >= 15 is 0 Å². The lowest BCUT2D eigenvalue weighted by molar-refractivity contribution is -0.139. The summed E-state index contributed by atoms with van der Waals surface area (Å²) in [6.07, 6.45) is 0. The SMILES string of the molecule is CCOC(=O)CS(=O)(=O)C1COc2ccccc2C1NC. The first kappa shape index (κ1) is 15.8. The highest BCUT2D eigenvalue weighted by Gasteiger charge is 2.40. The number of ether oxygens (including phenoxy) is 2. The van der Waals surface area contributed by atoms with Gasteiger partial charge in [-0.1, -0.05) is 18.2 Å². The van der Waals surface area contributed by atoms with Crippen LogP contribution in [0.25, 0.3) is 0 Å². The van der Waals surface area contributed by atoms with Crippen LogP contribution < -0.4 is 10.1 Å². The van der Waals surface area contributed by atoms with Crippen molar-refractivity contribution >= 4 is 15.8 Å². The van der Waals surface area contributed by atoms with Crippen molar-refractivity contribution in [3.63, 3.8) is 0 Å². The maximum atomic E-state index is 12.4. The molecular formula is C14H19NO5S. The van der Waals surface area contributed by atoms with Gasteiger partial charge in [-0.15, -0.1) is 0 Å². The fourth-order valence-corrected chi connectivity index (χ4v) is 4.06. The van der Waals surface area contributed by atoms with Crippen LogP contribution in [0.2, 0.25) is 0 Å². The molecule has 0 saturated heterocycles. The molecule has 0 radical (unpaired) electrons. The second kappa shape index (κ2) is 6.44. The van der Waals surface area contributed by atoms with E-state index in [0.29, 0.717) is 5.75 Å². The molecule has 0 saturated carbocycles. The lowest BCUT2D eigenvalue weighted by Gasteiger charge is -2.32. The molecule has 0 bridgehead atoms. The fraction of sp³-hybridized carbons (Fsp3) is 0.500. The monoisotopic (exact) mass is 313 g/mol. The van der Waals surface area contributed by atoms with Crippen molar-refractivity contribution in [2.24, 2.45) is 0 Å². The third-order valence-electron chi connectivity index (χ3n) is 3.43. The van der Waals surface area contributed by atoms with Crippen LogP contribution in [0.15, 0.2) is 24.3 Å². The molecule has 2 atom stereocenters. The van der Waals surface area contributed by atoms with Crippen molar-refractivity contribution in [2.75, 3.05) is 26.0 Å². The molecule has 1 aromatic rings. The minimum Gasteiger partial charge on any atom is -0.492 e. The van der Waals surface area contributed by atoms with Crippen molar-refractivity contribution in [1.29, 1.82) is 0 Å². The number of carbonyl (C=O) groups excluding carboxylic acids is 1. The van der Waals surface area contributed by atoms with E-state index in [-0.39, 0.29) is 13.2 Å². The van der Waals surface area contributed by atoms with E-state index < -0.39 is 32.9 Å². The number of hydrogen-bond acceptors (Lipinski definition) is 6. The molecule has 0 spiro atoms. The zero-order valence-electron chi connectivity index (χ0n) is 12.0. The van der Waals surface area contributed by atoms with Gasteiger partial charge in [-0.05, 0) is 20.0 Å². The Hall–Kier alpha value is -1.60. The highest BCUT2D eigenvalue weighted by Crippen LogP contribution is 2.34. The highest BCUT2D eigenvalue weighted by molar-refractivity contribution is 7.92. The maximum absolute atomic E-state index is 12.4. The van der Waals surface area contributed by atoms with E-state index in [4.69, 9.17) is 9.47 Å². The van der Waals surface area contributed by atoms with E-state index in [1.165, 1.54) is 0 Å². The summed E-state index contributed by atoms with van der Waals surface area (Å²) in [5.41, 5.74) is 0.781. The molecule has 1 heterocycles. The maximum Gasteiger partial charge on any atom is 0.321 e. The predicted molar refractivity (Wildman–Crippen MR) is 77.9 cm³/mol. The Labute approximate surface area is 124 Å². The Balaban J connectivity index is 2.26. The molecule has 2 rings (SSSR count). The Morgan fingerprint density at radius 2 is 2.14 bits per heavy atom. The first-order chi connectivity index (χ1) is 9.99. The Morgan fingerprint density at radius 1 is 1.43 bits per heavy atom. The predicted octanol–water partition coefficient (Wildman–Crippen LogP) is 0.686. The average molecular weight is 313 g/mol. The molecule has 21 heavy (non-hydrogen) atoms. The second-order valence-electron chi connectivity index (χ2n) is 4.77. The van der Waals surface area contributed by atoms with E-state index in [1.54, 1.807) is 20.0 Å². The molecule has 6 nitrogen and oxygen atoms in total. The molecule has 1 aliphatic heterocycles. The summed E-state index contributed by atoms with van der Waals surface area (Å²) in [5, 5.41) is 2.19. The van der Waals surface area contributed by atoms with Gasteiger partial charge in [0.25, 0.3) is 0 Å². The van der Waals surface area contributed by atoms with Gasteiger partial charge in [-0.25, -0.2) is 8.42 Å². The smallest absolute Gasteiger partial charge is 0.321 e. The van der Waals surface area contributed by atoms with Crippen LogP contribution in [0.4, 0.5) is 0 Å². The minimum absolute atomic E-state index is 0.0181. The summed E-state index contributed by atoms with van der Waals surface area (Å²) in [5.74, 6) is -0.694. The van der Waals surface area contributed by atoms with Crippen LogP contribution in [0.1, 0.15) is 18.5 Å².